The number of rotatable bonds is 3. The van der Waals surface area contributed by atoms with E-state index in [0.29, 0.717) is 5.01 Å². The lowest BCUT2D eigenvalue weighted by atomic mass is 10.1. The number of carbonyl (C=O) groups is 1. The molecule has 7 nitrogen and oxygen atoms in total. The summed E-state index contributed by atoms with van der Waals surface area (Å²) in [5.74, 6) is -0.667. The minimum absolute atomic E-state index is 0.0859. The predicted molar refractivity (Wildman–Crippen MR) is 57.3 cm³/mol. The van der Waals surface area contributed by atoms with E-state index in [9.17, 15) is 15.0 Å². The van der Waals surface area contributed by atoms with E-state index in [0.717, 1.165) is 11.3 Å². The van der Waals surface area contributed by atoms with Crippen LogP contribution in [0.1, 0.15) is 21.6 Å². The molecule has 0 spiro atoms. The van der Waals surface area contributed by atoms with Crippen LogP contribution in [0.2, 0.25) is 0 Å². The molecule has 0 aliphatic carbocycles. The van der Waals surface area contributed by atoms with Crippen molar-refractivity contribution >= 4 is 17.2 Å². The van der Waals surface area contributed by atoms with Crippen LogP contribution in [-0.4, -0.2) is 51.1 Å². The molecule has 4 atom stereocenters. The molecule has 1 aromatic rings. The fraction of sp³-hybridized carbons (Fsp3) is 0.556. The average molecular weight is 260 g/mol. The van der Waals surface area contributed by atoms with Gasteiger partial charge >= 0.3 is 0 Å². The lowest BCUT2D eigenvalue weighted by Gasteiger charge is -2.11. The molecule has 1 aromatic heterocycles. The molecule has 8 heteroatoms. The van der Waals surface area contributed by atoms with Gasteiger partial charge in [0.05, 0.1) is 6.61 Å². The monoisotopic (exact) mass is 260 g/mol. The van der Waals surface area contributed by atoms with Crippen LogP contribution >= 0.6 is 11.3 Å². The molecule has 1 amide bonds. The van der Waals surface area contributed by atoms with Crippen LogP contribution < -0.4 is 5.73 Å². The number of ether oxygens (including phenoxy) is 1. The van der Waals surface area contributed by atoms with Gasteiger partial charge in [-0.25, -0.2) is 4.98 Å². The molecule has 1 saturated heterocycles. The molecule has 0 saturated carbocycles. The maximum absolute atomic E-state index is 10.9. The fourth-order valence-electron chi connectivity index (χ4n) is 1.64. The molecule has 94 valence electrons. The second-order valence-corrected chi connectivity index (χ2v) is 4.58. The summed E-state index contributed by atoms with van der Waals surface area (Å²) in [5.41, 5.74) is 5.14. The molecule has 0 bridgehead atoms. The number of hydrogen-bond acceptors (Lipinski definition) is 7. The zero-order valence-corrected chi connectivity index (χ0v) is 9.50. The van der Waals surface area contributed by atoms with Crippen molar-refractivity contribution in [3.05, 3.63) is 16.1 Å². The van der Waals surface area contributed by atoms with E-state index in [2.05, 4.69) is 4.98 Å². The molecule has 5 N–H and O–H groups in total. The standard InChI is InChI=1S/C9H12N2O5S/c10-8(15)3-2-17-9(11-3)7-6(14)5(13)4(1-12)16-7/h2,4-7,12-14H,1H2,(H2,10,15)/t4-,5-,6-,7-/m0/s1. The third-order valence-corrected chi connectivity index (χ3v) is 3.47. The van der Waals surface area contributed by atoms with Gasteiger partial charge in [-0.15, -0.1) is 11.3 Å². The molecule has 2 heterocycles. The molecular formula is C9H12N2O5S. The first-order valence-corrected chi connectivity index (χ1v) is 5.80. The number of amides is 1. The third kappa shape index (κ3) is 2.17. The highest BCUT2D eigenvalue weighted by Crippen LogP contribution is 2.34. The largest absolute Gasteiger partial charge is 0.394 e. The average Bonchev–Trinajstić information content (AvgIpc) is 2.87. The van der Waals surface area contributed by atoms with Crippen LogP contribution in [0.3, 0.4) is 0 Å². The van der Waals surface area contributed by atoms with Gasteiger partial charge in [-0.1, -0.05) is 0 Å². The zero-order chi connectivity index (χ0) is 12.6. The van der Waals surface area contributed by atoms with Crippen LogP contribution in [0.15, 0.2) is 5.38 Å². The van der Waals surface area contributed by atoms with Crippen LogP contribution in [0.25, 0.3) is 0 Å². The molecule has 0 unspecified atom stereocenters. The Kier molecular flexibility index (Phi) is 3.40. The van der Waals surface area contributed by atoms with Crippen molar-refractivity contribution in [1.82, 2.24) is 4.98 Å². The van der Waals surface area contributed by atoms with Crippen LogP contribution in [-0.2, 0) is 4.74 Å². The predicted octanol–water partition coefficient (Wildman–Crippen LogP) is -1.60. The normalized spacial score (nSPS) is 32.9. The highest BCUT2D eigenvalue weighted by molar-refractivity contribution is 7.09. The second-order valence-electron chi connectivity index (χ2n) is 3.69. The summed E-state index contributed by atoms with van der Waals surface area (Å²) in [6.45, 7) is -0.400. The first kappa shape index (κ1) is 12.4. The van der Waals surface area contributed by atoms with Crippen molar-refractivity contribution in [1.29, 1.82) is 0 Å². The van der Waals surface area contributed by atoms with E-state index in [1.165, 1.54) is 5.38 Å². The molecular weight excluding hydrogens is 248 g/mol. The minimum atomic E-state index is -1.18. The van der Waals surface area contributed by atoms with Gasteiger partial charge in [-0.05, 0) is 0 Å². The minimum Gasteiger partial charge on any atom is -0.394 e. The van der Waals surface area contributed by atoms with Gasteiger partial charge < -0.3 is 25.8 Å². The van der Waals surface area contributed by atoms with Crippen molar-refractivity contribution in [3.8, 4) is 0 Å². The Labute approximate surface area is 100 Å². The Balaban J connectivity index is 2.19. The quantitative estimate of drug-likeness (QED) is 0.518. The highest BCUT2D eigenvalue weighted by Gasteiger charge is 2.44. The lowest BCUT2D eigenvalue weighted by Crippen LogP contribution is -2.32. The van der Waals surface area contributed by atoms with Crippen molar-refractivity contribution in [2.24, 2.45) is 5.73 Å². The zero-order valence-electron chi connectivity index (χ0n) is 8.68. The topological polar surface area (TPSA) is 126 Å². The number of nitrogens with two attached hydrogens (primary N) is 1. The number of aromatic nitrogens is 1. The van der Waals surface area contributed by atoms with E-state index >= 15 is 0 Å². The summed E-state index contributed by atoms with van der Waals surface area (Å²) in [6.07, 6.45) is -4.05. The first-order chi connectivity index (χ1) is 8.04. The van der Waals surface area contributed by atoms with Crippen molar-refractivity contribution in [3.63, 3.8) is 0 Å². The van der Waals surface area contributed by atoms with Gasteiger partial charge in [0.2, 0.25) is 0 Å². The first-order valence-electron chi connectivity index (χ1n) is 4.92. The van der Waals surface area contributed by atoms with E-state index in [1.807, 2.05) is 0 Å². The number of thiazole rings is 1. The number of carbonyl (C=O) groups excluding carboxylic acids is 1. The van der Waals surface area contributed by atoms with E-state index in [4.69, 9.17) is 15.6 Å². The second kappa shape index (κ2) is 4.67. The smallest absolute Gasteiger partial charge is 0.268 e. The van der Waals surface area contributed by atoms with Crippen molar-refractivity contribution in [2.45, 2.75) is 24.4 Å². The Morgan fingerprint density at radius 2 is 2.24 bits per heavy atom. The molecule has 1 fully saturated rings. The van der Waals surface area contributed by atoms with Crippen molar-refractivity contribution < 1.29 is 24.9 Å². The molecule has 1 aliphatic rings. The lowest BCUT2D eigenvalue weighted by molar-refractivity contribution is -0.0228. The Bertz CT molecular complexity index is 423. The van der Waals surface area contributed by atoms with Crippen LogP contribution in [0.4, 0.5) is 0 Å². The van der Waals surface area contributed by atoms with Gasteiger partial charge in [-0.2, -0.15) is 0 Å². The third-order valence-electron chi connectivity index (χ3n) is 2.56. The summed E-state index contributed by atoms with van der Waals surface area (Å²) in [4.78, 5) is 14.8. The summed E-state index contributed by atoms with van der Waals surface area (Å²) in [7, 11) is 0. The SMILES string of the molecule is NC(=O)c1csc([C@H]2O[C@@H](CO)[C@H](O)[C@@H]2O)n1. The van der Waals surface area contributed by atoms with Gasteiger partial charge in [0.1, 0.15) is 35.1 Å². The molecule has 0 aromatic carbocycles. The Morgan fingerprint density at radius 3 is 2.71 bits per heavy atom. The van der Waals surface area contributed by atoms with Crippen LogP contribution in [0, 0.1) is 0 Å². The van der Waals surface area contributed by atoms with E-state index in [1.54, 1.807) is 0 Å². The summed E-state index contributed by atoms with van der Waals surface area (Å²) >= 11 is 1.10. The van der Waals surface area contributed by atoms with E-state index in [-0.39, 0.29) is 5.69 Å². The number of aliphatic hydroxyl groups excluding tert-OH is 3. The number of nitrogens with zero attached hydrogens (tertiary/aromatic N) is 1. The van der Waals surface area contributed by atoms with Crippen LogP contribution in [0.5, 0.6) is 0 Å². The summed E-state index contributed by atoms with van der Waals surface area (Å²) < 4.78 is 5.26. The summed E-state index contributed by atoms with van der Waals surface area (Å²) in [5, 5.41) is 30.0. The van der Waals surface area contributed by atoms with Gasteiger partial charge in [-0.3, -0.25) is 4.79 Å². The maximum Gasteiger partial charge on any atom is 0.268 e. The van der Waals surface area contributed by atoms with Gasteiger partial charge in [0, 0.05) is 5.38 Å². The maximum atomic E-state index is 10.9. The number of hydrogen-bond donors (Lipinski definition) is 4. The molecule has 0 radical (unpaired) electrons. The Hall–Kier alpha value is -1.06. The number of aliphatic hydroxyl groups is 3. The molecule has 17 heavy (non-hydrogen) atoms. The van der Waals surface area contributed by atoms with E-state index < -0.39 is 36.9 Å². The number of primary amides is 1. The Morgan fingerprint density at radius 1 is 1.53 bits per heavy atom. The molecule has 1 aliphatic heterocycles. The molecule has 2 rings (SSSR count). The van der Waals surface area contributed by atoms with Gasteiger partial charge in [0.25, 0.3) is 5.91 Å². The van der Waals surface area contributed by atoms with Crippen molar-refractivity contribution in [2.75, 3.05) is 6.61 Å². The highest BCUT2D eigenvalue weighted by atomic mass is 32.1. The summed E-state index contributed by atoms with van der Waals surface area (Å²) in [6, 6.07) is 0. The van der Waals surface area contributed by atoms with Gasteiger partial charge in [0.15, 0.2) is 0 Å². The fourth-order valence-corrected chi connectivity index (χ4v) is 2.52.